The molecule has 1 saturated heterocycles. The number of carbonyl (C=O) groups excluding carboxylic acids is 1. The van der Waals surface area contributed by atoms with Gasteiger partial charge in [-0.15, -0.1) is 0 Å². The maximum absolute atomic E-state index is 13.5. The summed E-state index contributed by atoms with van der Waals surface area (Å²) in [5, 5.41) is 14.5. The summed E-state index contributed by atoms with van der Waals surface area (Å²) < 4.78 is 13.5. The van der Waals surface area contributed by atoms with Crippen LogP contribution in [0.4, 0.5) is 4.39 Å². The molecule has 0 radical (unpaired) electrons. The summed E-state index contributed by atoms with van der Waals surface area (Å²) in [6, 6.07) is 19.9. The second-order valence-electron chi connectivity index (χ2n) is 8.06. The Morgan fingerprint density at radius 1 is 1.13 bits per heavy atom. The largest absolute Gasteiger partial charge is 0.341 e. The first-order valence-corrected chi connectivity index (χ1v) is 10.2. The highest BCUT2D eigenvalue weighted by Gasteiger charge is 2.36. The summed E-state index contributed by atoms with van der Waals surface area (Å²) in [5.74, 6) is -0.365. The molecule has 0 aromatic heterocycles. The Kier molecular flexibility index (Phi) is 5.52. The minimum atomic E-state index is -0.257. The number of nitrogens with zero attached hydrogens (tertiary/aromatic N) is 2. The van der Waals surface area contributed by atoms with Crippen LogP contribution in [0.15, 0.2) is 60.7 Å². The molecule has 0 spiro atoms. The Hall–Kier alpha value is -3.23. The minimum Gasteiger partial charge on any atom is -0.341 e. The van der Waals surface area contributed by atoms with E-state index in [2.05, 4.69) is 11.4 Å². The molecule has 3 aromatic carbocycles. The molecule has 152 valence electrons. The average Bonchev–Trinajstić information content (AvgIpc) is 2.78. The zero-order valence-corrected chi connectivity index (χ0v) is 17.0. The Morgan fingerprint density at radius 3 is 2.53 bits per heavy atom. The SMILES string of the molecule is CN(CC1(c2ccc(F)cc2)CCNCC1)C(=O)c1cc(C#N)cc2ccccc12. The van der Waals surface area contributed by atoms with Crippen LogP contribution in [0.1, 0.15) is 34.3 Å². The summed E-state index contributed by atoms with van der Waals surface area (Å²) in [6.45, 7) is 2.24. The van der Waals surface area contributed by atoms with E-state index in [4.69, 9.17) is 0 Å². The number of hydrogen-bond donors (Lipinski definition) is 1. The predicted octanol–water partition coefficient (Wildman–Crippen LogP) is 4.24. The molecule has 0 aliphatic carbocycles. The maximum atomic E-state index is 13.5. The van der Waals surface area contributed by atoms with Crippen LogP contribution in [0.25, 0.3) is 10.8 Å². The van der Waals surface area contributed by atoms with Crippen LogP contribution in [-0.4, -0.2) is 37.5 Å². The van der Waals surface area contributed by atoms with E-state index >= 15 is 0 Å². The van der Waals surface area contributed by atoms with Gasteiger partial charge in [0, 0.05) is 24.6 Å². The number of nitrogens with one attached hydrogen (secondary N) is 1. The van der Waals surface area contributed by atoms with Gasteiger partial charge in [0.2, 0.25) is 0 Å². The highest BCUT2D eigenvalue weighted by Crippen LogP contribution is 2.35. The van der Waals surface area contributed by atoms with Crippen LogP contribution in [-0.2, 0) is 5.41 Å². The standard InChI is InChI=1S/C25H24FN3O/c1-29(17-25(10-12-28-13-11-25)20-6-8-21(26)9-7-20)24(30)23-15-18(16-27)14-19-4-2-3-5-22(19)23/h2-9,14-15,28H,10-13,17H2,1H3. The van der Waals surface area contributed by atoms with Gasteiger partial charge in [0.25, 0.3) is 5.91 Å². The van der Waals surface area contributed by atoms with Crippen molar-refractivity contribution >= 4 is 16.7 Å². The molecule has 1 fully saturated rings. The molecule has 0 atom stereocenters. The quantitative estimate of drug-likeness (QED) is 0.711. The second-order valence-corrected chi connectivity index (χ2v) is 8.06. The van der Waals surface area contributed by atoms with Crippen molar-refractivity contribution in [1.82, 2.24) is 10.2 Å². The number of fused-ring (bicyclic) bond motifs is 1. The Bertz CT molecular complexity index is 1110. The molecule has 0 saturated carbocycles. The lowest BCUT2D eigenvalue weighted by Gasteiger charge is -2.41. The first kappa shape index (κ1) is 20.1. The number of halogens is 1. The predicted molar refractivity (Wildman–Crippen MR) is 116 cm³/mol. The van der Waals surface area contributed by atoms with Crippen molar-refractivity contribution in [2.24, 2.45) is 0 Å². The molecule has 1 amide bonds. The lowest BCUT2D eigenvalue weighted by Crippen LogP contribution is -2.48. The Labute approximate surface area is 175 Å². The van der Waals surface area contributed by atoms with E-state index in [9.17, 15) is 14.4 Å². The number of hydrogen-bond acceptors (Lipinski definition) is 3. The van der Waals surface area contributed by atoms with Gasteiger partial charge in [0.05, 0.1) is 11.6 Å². The van der Waals surface area contributed by atoms with Crippen LogP contribution < -0.4 is 5.32 Å². The van der Waals surface area contributed by atoms with Crippen molar-refractivity contribution < 1.29 is 9.18 Å². The van der Waals surface area contributed by atoms with Gasteiger partial charge in [-0.25, -0.2) is 4.39 Å². The number of carbonyl (C=O) groups is 1. The van der Waals surface area contributed by atoms with Crippen LogP contribution >= 0.6 is 0 Å². The molecular weight excluding hydrogens is 377 g/mol. The van der Waals surface area contributed by atoms with Gasteiger partial charge >= 0.3 is 0 Å². The first-order valence-electron chi connectivity index (χ1n) is 10.2. The van der Waals surface area contributed by atoms with Gasteiger partial charge in [-0.1, -0.05) is 36.4 Å². The third-order valence-corrected chi connectivity index (χ3v) is 6.13. The maximum Gasteiger partial charge on any atom is 0.254 e. The van der Waals surface area contributed by atoms with Crippen molar-refractivity contribution in [3.05, 3.63) is 83.2 Å². The molecule has 0 unspecified atom stereocenters. The van der Waals surface area contributed by atoms with Crippen molar-refractivity contribution in [2.45, 2.75) is 18.3 Å². The topological polar surface area (TPSA) is 56.1 Å². The fourth-order valence-corrected chi connectivity index (χ4v) is 4.53. The second kappa shape index (κ2) is 8.25. The first-order chi connectivity index (χ1) is 14.5. The number of piperidine rings is 1. The van der Waals surface area contributed by atoms with Crippen molar-refractivity contribution in [3.8, 4) is 6.07 Å². The van der Waals surface area contributed by atoms with E-state index in [1.807, 2.05) is 43.4 Å². The highest BCUT2D eigenvalue weighted by molar-refractivity contribution is 6.07. The molecule has 4 nitrogen and oxygen atoms in total. The normalized spacial score (nSPS) is 15.5. The average molecular weight is 401 g/mol. The van der Waals surface area contributed by atoms with Gasteiger partial charge in [0.1, 0.15) is 5.82 Å². The summed E-state index contributed by atoms with van der Waals surface area (Å²) in [5.41, 5.74) is 1.84. The summed E-state index contributed by atoms with van der Waals surface area (Å²) in [7, 11) is 1.81. The zero-order chi connectivity index (χ0) is 21.1. The van der Waals surface area contributed by atoms with Crippen LogP contribution in [0.2, 0.25) is 0 Å². The Balaban J connectivity index is 1.69. The van der Waals surface area contributed by atoms with Crippen LogP contribution in [0.3, 0.4) is 0 Å². The fourth-order valence-electron chi connectivity index (χ4n) is 4.53. The summed E-state index contributed by atoms with van der Waals surface area (Å²) in [6.07, 6.45) is 1.74. The Morgan fingerprint density at radius 2 is 1.83 bits per heavy atom. The molecule has 1 heterocycles. The number of benzene rings is 3. The van der Waals surface area contributed by atoms with Gasteiger partial charge in [0.15, 0.2) is 0 Å². The third-order valence-electron chi connectivity index (χ3n) is 6.13. The molecule has 4 rings (SSSR count). The lowest BCUT2D eigenvalue weighted by molar-refractivity contribution is 0.0743. The van der Waals surface area contributed by atoms with Gasteiger partial charge in [-0.05, 0) is 66.5 Å². The van der Waals surface area contributed by atoms with Crippen molar-refractivity contribution in [1.29, 1.82) is 5.26 Å². The van der Waals surface area contributed by atoms with Crippen LogP contribution in [0, 0.1) is 17.1 Å². The van der Waals surface area contributed by atoms with Crippen molar-refractivity contribution in [3.63, 3.8) is 0 Å². The molecule has 0 bridgehead atoms. The van der Waals surface area contributed by atoms with E-state index < -0.39 is 0 Å². The monoisotopic (exact) mass is 401 g/mol. The van der Waals surface area contributed by atoms with Crippen LogP contribution in [0.5, 0.6) is 0 Å². The zero-order valence-electron chi connectivity index (χ0n) is 17.0. The van der Waals surface area contributed by atoms with Crippen molar-refractivity contribution in [2.75, 3.05) is 26.7 Å². The molecule has 1 aliphatic rings. The number of nitriles is 1. The highest BCUT2D eigenvalue weighted by atomic mass is 19.1. The van der Waals surface area contributed by atoms with E-state index in [0.717, 1.165) is 42.3 Å². The van der Waals surface area contributed by atoms with E-state index in [1.54, 1.807) is 17.0 Å². The lowest BCUT2D eigenvalue weighted by atomic mass is 9.72. The molecule has 3 aromatic rings. The van der Waals surface area contributed by atoms with E-state index in [-0.39, 0.29) is 17.1 Å². The molecule has 30 heavy (non-hydrogen) atoms. The number of amides is 1. The minimum absolute atomic E-state index is 0.108. The molecular formula is C25H24FN3O. The summed E-state index contributed by atoms with van der Waals surface area (Å²) in [4.78, 5) is 15.2. The number of likely N-dealkylation sites (N-methyl/N-ethyl adjacent to an activating group) is 1. The van der Waals surface area contributed by atoms with Gasteiger partial charge < -0.3 is 10.2 Å². The summed E-state index contributed by atoms with van der Waals surface area (Å²) >= 11 is 0. The third kappa shape index (κ3) is 3.79. The fraction of sp³-hybridized carbons (Fsp3) is 0.280. The number of rotatable bonds is 4. The van der Waals surface area contributed by atoms with E-state index in [1.165, 1.54) is 12.1 Å². The molecule has 1 N–H and O–H groups in total. The van der Waals surface area contributed by atoms with Gasteiger partial charge in [-0.2, -0.15) is 5.26 Å². The van der Waals surface area contributed by atoms with E-state index in [0.29, 0.717) is 17.7 Å². The van der Waals surface area contributed by atoms with Gasteiger partial charge in [-0.3, -0.25) is 4.79 Å². The molecule has 5 heteroatoms. The molecule has 1 aliphatic heterocycles. The smallest absolute Gasteiger partial charge is 0.254 e.